The summed E-state index contributed by atoms with van der Waals surface area (Å²) in [5, 5.41) is 0. The maximum absolute atomic E-state index is 6.86. The lowest BCUT2D eigenvalue weighted by atomic mass is 9.83. The molecule has 0 aromatic rings. The van der Waals surface area contributed by atoms with E-state index in [1.807, 2.05) is 48.5 Å². The van der Waals surface area contributed by atoms with Crippen molar-refractivity contribution in [2.75, 3.05) is 33.0 Å². The van der Waals surface area contributed by atoms with Crippen LogP contribution in [-0.2, 0) is 38.2 Å². The summed E-state index contributed by atoms with van der Waals surface area (Å²) in [6, 6.07) is 0. The Balaban J connectivity index is 7.48. The molecule has 254 valence electrons. The first-order valence-electron chi connectivity index (χ1n) is 16.8. The van der Waals surface area contributed by atoms with Gasteiger partial charge in [-0.05, 0) is 86.0 Å². The molecule has 0 radical (unpaired) electrons. The summed E-state index contributed by atoms with van der Waals surface area (Å²) in [4.78, 5) is 12.4. The Morgan fingerprint density at radius 1 is 0.643 bits per heavy atom. The van der Waals surface area contributed by atoms with Gasteiger partial charge in [0, 0.05) is 0 Å². The quantitative estimate of drug-likeness (QED) is 0.0418. The third-order valence-electron chi connectivity index (χ3n) is 6.81. The summed E-state index contributed by atoms with van der Waals surface area (Å²) in [7, 11) is 0. The molecule has 4 atom stereocenters. The second-order valence-corrected chi connectivity index (χ2v) is 13.9. The molecule has 0 bridgehead atoms. The normalized spacial score (nSPS) is 17.9. The first-order valence-corrected chi connectivity index (χ1v) is 16.8. The van der Waals surface area contributed by atoms with E-state index in [9.17, 15) is 0 Å². The van der Waals surface area contributed by atoms with Crippen LogP contribution in [0.5, 0.6) is 0 Å². The van der Waals surface area contributed by atoms with Gasteiger partial charge in [-0.25, -0.2) is 4.89 Å². The Morgan fingerprint density at radius 3 is 1.74 bits per heavy atom. The third-order valence-corrected chi connectivity index (χ3v) is 6.81. The number of rotatable bonds is 26. The lowest BCUT2D eigenvalue weighted by Crippen LogP contribution is -2.70. The molecule has 0 aromatic carbocycles. The fourth-order valence-corrected chi connectivity index (χ4v) is 4.03. The molecule has 0 aliphatic heterocycles. The van der Waals surface area contributed by atoms with E-state index in [0.717, 1.165) is 44.9 Å². The molecule has 42 heavy (non-hydrogen) atoms. The first-order chi connectivity index (χ1) is 19.5. The van der Waals surface area contributed by atoms with Gasteiger partial charge in [-0.3, -0.25) is 0 Å². The summed E-state index contributed by atoms with van der Waals surface area (Å²) in [5.74, 6) is -2.80. The molecule has 0 aromatic heterocycles. The zero-order valence-corrected chi connectivity index (χ0v) is 30.1. The highest BCUT2D eigenvalue weighted by Gasteiger charge is 2.70. The molecule has 0 fully saturated rings. The second-order valence-electron chi connectivity index (χ2n) is 13.9. The van der Waals surface area contributed by atoms with Crippen LogP contribution in [0.1, 0.15) is 142 Å². The highest BCUT2D eigenvalue weighted by atomic mass is 17.3. The standard InChI is InChI=1S/C34H70O8/c1-15-18-20-23-37-34(41-31(11,12)13,42-39-24-21-27(4)5)32(14,26-35-29(8)9)33(36-22-19-16-2,38-25-28(6)7)40-30(10)17-3/h27-30H,15-26H2,1-14H3. The summed E-state index contributed by atoms with van der Waals surface area (Å²) in [6.07, 6.45) is 5.92. The van der Waals surface area contributed by atoms with Crippen molar-refractivity contribution >= 4 is 0 Å². The lowest BCUT2D eigenvalue weighted by molar-refractivity contribution is -0.594. The molecule has 4 unspecified atom stereocenters. The lowest BCUT2D eigenvalue weighted by Gasteiger charge is -2.55. The van der Waals surface area contributed by atoms with Gasteiger partial charge < -0.3 is 28.4 Å². The van der Waals surface area contributed by atoms with E-state index in [4.69, 9.17) is 38.2 Å². The van der Waals surface area contributed by atoms with Crippen LogP contribution in [0.15, 0.2) is 0 Å². The maximum Gasteiger partial charge on any atom is 0.328 e. The maximum atomic E-state index is 6.86. The van der Waals surface area contributed by atoms with E-state index in [2.05, 4.69) is 48.5 Å². The zero-order chi connectivity index (χ0) is 32.5. The van der Waals surface area contributed by atoms with Gasteiger partial charge in [0.1, 0.15) is 0 Å². The number of unbranched alkanes of at least 4 members (excludes halogenated alkanes) is 3. The Kier molecular flexibility index (Phi) is 20.5. The Bertz CT molecular complexity index is 664. The summed E-state index contributed by atoms with van der Waals surface area (Å²) >= 11 is 0. The van der Waals surface area contributed by atoms with Crippen molar-refractivity contribution in [3.05, 3.63) is 0 Å². The fraction of sp³-hybridized carbons (Fsp3) is 1.00. The van der Waals surface area contributed by atoms with Crippen LogP contribution >= 0.6 is 0 Å². The molecule has 0 saturated heterocycles. The second kappa shape index (κ2) is 20.7. The average Bonchev–Trinajstić information content (AvgIpc) is 2.89. The number of hydrogen-bond donors (Lipinski definition) is 0. The molecule has 0 spiro atoms. The number of ether oxygens (including phenoxy) is 6. The van der Waals surface area contributed by atoms with Gasteiger partial charge in [-0.15, -0.1) is 0 Å². The first kappa shape index (κ1) is 41.7. The van der Waals surface area contributed by atoms with Gasteiger partial charge in [-0.1, -0.05) is 67.7 Å². The predicted molar refractivity (Wildman–Crippen MR) is 170 cm³/mol. The molecular formula is C34H70O8. The monoisotopic (exact) mass is 607 g/mol. The minimum atomic E-state index is -1.80. The minimum absolute atomic E-state index is 0.0966. The van der Waals surface area contributed by atoms with Crippen LogP contribution in [0.3, 0.4) is 0 Å². The molecule has 0 N–H and O–H groups in total. The molecule has 0 heterocycles. The van der Waals surface area contributed by atoms with E-state index >= 15 is 0 Å². The molecule has 0 rings (SSSR count). The van der Waals surface area contributed by atoms with Crippen molar-refractivity contribution < 1.29 is 38.2 Å². The third kappa shape index (κ3) is 14.6. The molecule has 0 aliphatic rings. The summed E-state index contributed by atoms with van der Waals surface area (Å²) in [6.45, 7) is 30.4. The Labute approximate surface area is 260 Å². The van der Waals surface area contributed by atoms with E-state index < -0.39 is 23.0 Å². The van der Waals surface area contributed by atoms with E-state index in [1.54, 1.807) is 0 Å². The zero-order valence-electron chi connectivity index (χ0n) is 30.1. The molecular weight excluding hydrogens is 536 g/mol. The molecule has 8 nitrogen and oxygen atoms in total. The minimum Gasteiger partial charge on any atom is -0.378 e. The summed E-state index contributed by atoms with van der Waals surface area (Å²) in [5.41, 5.74) is -2.01. The highest BCUT2D eigenvalue weighted by Crippen LogP contribution is 2.52. The van der Waals surface area contributed by atoms with E-state index in [0.29, 0.717) is 32.3 Å². The van der Waals surface area contributed by atoms with Crippen LogP contribution in [0.2, 0.25) is 0 Å². The van der Waals surface area contributed by atoms with Crippen molar-refractivity contribution in [1.29, 1.82) is 0 Å². The smallest absolute Gasteiger partial charge is 0.328 e. The van der Waals surface area contributed by atoms with Gasteiger partial charge in [0.15, 0.2) is 5.41 Å². The van der Waals surface area contributed by atoms with Gasteiger partial charge in [0.2, 0.25) is 0 Å². The van der Waals surface area contributed by atoms with Crippen LogP contribution in [0.4, 0.5) is 0 Å². The van der Waals surface area contributed by atoms with Gasteiger partial charge in [0.25, 0.3) is 5.97 Å². The average molecular weight is 607 g/mol. The highest BCUT2D eigenvalue weighted by molar-refractivity contribution is 4.96. The SMILES string of the molecule is CCCCCOC(OOCCC(C)C)(OC(C)(C)C)C(C)(COC(C)C)C(OCCCC)(OCC(C)C)OC(C)CC. The number of hydrogen-bond acceptors (Lipinski definition) is 8. The molecule has 0 saturated carbocycles. The van der Waals surface area contributed by atoms with Crippen molar-refractivity contribution in [1.82, 2.24) is 0 Å². The van der Waals surface area contributed by atoms with Gasteiger partial charge in [0.05, 0.1) is 50.8 Å². The van der Waals surface area contributed by atoms with Crippen LogP contribution < -0.4 is 0 Å². The van der Waals surface area contributed by atoms with Crippen LogP contribution in [0, 0.1) is 17.3 Å². The van der Waals surface area contributed by atoms with Gasteiger partial charge in [-0.2, -0.15) is 4.89 Å². The van der Waals surface area contributed by atoms with E-state index in [-0.39, 0.29) is 24.7 Å². The fourth-order valence-electron chi connectivity index (χ4n) is 4.03. The van der Waals surface area contributed by atoms with Crippen molar-refractivity contribution in [2.24, 2.45) is 17.3 Å². The topological polar surface area (TPSA) is 73.8 Å². The van der Waals surface area contributed by atoms with Crippen molar-refractivity contribution in [3.63, 3.8) is 0 Å². The van der Waals surface area contributed by atoms with Crippen molar-refractivity contribution in [3.8, 4) is 0 Å². The van der Waals surface area contributed by atoms with Crippen LogP contribution in [-0.4, -0.2) is 62.8 Å². The molecule has 0 aliphatic carbocycles. The predicted octanol–water partition coefficient (Wildman–Crippen LogP) is 9.05. The summed E-state index contributed by atoms with van der Waals surface area (Å²) < 4.78 is 40.4. The van der Waals surface area contributed by atoms with Gasteiger partial charge >= 0.3 is 5.97 Å². The largest absolute Gasteiger partial charge is 0.378 e. The molecule has 0 amide bonds. The molecule has 8 heteroatoms. The van der Waals surface area contributed by atoms with E-state index in [1.165, 1.54) is 0 Å². The Morgan fingerprint density at radius 2 is 1.24 bits per heavy atom. The Hall–Kier alpha value is -0.320. The van der Waals surface area contributed by atoms with Crippen LogP contribution in [0.25, 0.3) is 0 Å². The van der Waals surface area contributed by atoms with Crippen molar-refractivity contribution in [2.45, 2.75) is 172 Å².